The summed E-state index contributed by atoms with van der Waals surface area (Å²) in [6.07, 6.45) is 0. The molecule has 0 atom stereocenters. The van der Waals surface area contributed by atoms with E-state index in [2.05, 4.69) is 31.9 Å². The highest BCUT2D eigenvalue weighted by atomic mass is 79.9. The molecule has 1 N–H and O–H groups in total. The second kappa shape index (κ2) is 5.72. The molecule has 3 aromatic rings. The third-order valence-corrected chi connectivity index (χ3v) is 4.65. The van der Waals surface area contributed by atoms with E-state index in [4.69, 9.17) is 16.0 Å². The highest BCUT2D eigenvalue weighted by molar-refractivity contribution is 9.11. The predicted molar refractivity (Wildman–Crippen MR) is 94.7 cm³/mol. The average molecular weight is 445 g/mol. The minimum absolute atomic E-state index is 0.0164. The lowest BCUT2D eigenvalue weighted by atomic mass is 10.0. The van der Waals surface area contributed by atoms with E-state index in [-0.39, 0.29) is 11.2 Å². The Bertz CT molecular complexity index is 964. The lowest BCUT2D eigenvalue weighted by molar-refractivity contribution is 0.470. The van der Waals surface area contributed by atoms with Gasteiger partial charge in [0.1, 0.15) is 17.1 Å². The number of hydrogen-bond acceptors (Lipinski definition) is 3. The van der Waals surface area contributed by atoms with Crippen LogP contribution < -0.4 is 5.43 Å². The number of benzene rings is 2. The first-order valence-corrected chi connectivity index (χ1v) is 8.26. The van der Waals surface area contributed by atoms with Gasteiger partial charge in [0.05, 0.1) is 15.4 Å². The van der Waals surface area contributed by atoms with Gasteiger partial charge in [0, 0.05) is 15.1 Å². The molecular weight excluding hydrogens is 435 g/mol. The van der Waals surface area contributed by atoms with Crippen LogP contribution in [0.1, 0.15) is 5.56 Å². The molecule has 0 amide bonds. The van der Waals surface area contributed by atoms with Crippen molar-refractivity contribution in [3.05, 3.63) is 60.1 Å². The van der Waals surface area contributed by atoms with Crippen molar-refractivity contribution < 1.29 is 9.52 Å². The van der Waals surface area contributed by atoms with Gasteiger partial charge >= 0.3 is 0 Å². The summed E-state index contributed by atoms with van der Waals surface area (Å²) >= 11 is 12.6. The van der Waals surface area contributed by atoms with Gasteiger partial charge in [0.2, 0.25) is 0 Å². The van der Waals surface area contributed by atoms with Gasteiger partial charge in [-0.1, -0.05) is 27.5 Å². The zero-order valence-corrected chi connectivity index (χ0v) is 15.2. The Labute approximate surface area is 147 Å². The lowest BCUT2D eigenvalue weighted by Gasteiger charge is -2.10. The zero-order chi connectivity index (χ0) is 16.0. The van der Waals surface area contributed by atoms with Crippen LogP contribution in [0.4, 0.5) is 0 Å². The maximum absolute atomic E-state index is 12.5. The normalized spacial score (nSPS) is 11.1. The Morgan fingerprint density at radius 3 is 2.64 bits per heavy atom. The largest absolute Gasteiger partial charge is 0.506 e. The summed E-state index contributed by atoms with van der Waals surface area (Å²) in [4.78, 5) is 12.5. The third-order valence-electron chi connectivity index (χ3n) is 3.35. The van der Waals surface area contributed by atoms with Crippen molar-refractivity contribution in [2.75, 3.05) is 0 Å². The molecule has 0 spiro atoms. The van der Waals surface area contributed by atoms with Crippen LogP contribution in [0, 0.1) is 6.92 Å². The molecule has 0 aliphatic carbocycles. The van der Waals surface area contributed by atoms with Crippen molar-refractivity contribution in [1.82, 2.24) is 0 Å². The van der Waals surface area contributed by atoms with E-state index in [1.165, 1.54) is 0 Å². The van der Waals surface area contributed by atoms with Gasteiger partial charge in [-0.15, -0.1) is 0 Å². The van der Waals surface area contributed by atoms with Crippen molar-refractivity contribution in [3.63, 3.8) is 0 Å². The second-order valence-corrected chi connectivity index (χ2v) is 7.02. The fourth-order valence-electron chi connectivity index (χ4n) is 2.26. The molecule has 6 heteroatoms. The molecule has 0 bridgehead atoms. The smallest absolute Gasteiger partial charge is 0.196 e. The van der Waals surface area contributed by atoms with E-state index in [1.54, 1.807) is 37.3 Å². The van der Waals surface area contributed by atoms with Crippen molar-refractivity contribution in [1.29, 1.82) is 0 Å². The molecule has 0 unspecified atom stereocenters. The molecule has 1 heterocycles. The van der Waals surface area contributed by atoms with Crippen molar-refractivity contribution >= 4 is 54.4 Å². The van der Waals surface area contributed by atoms with Gasteiger partial charge in [0.25, 0.3) is 0 Å². The Kier molecular flexibility index (Phi) is 4.05. The molecule has 3 nitrogen and oxygen atoms in total. The lowest BCUT2D eigenvalue weighted by Crippen LogP contribution is -2.07. The van der Waals surface area contributed by atoms with Gasteiger partial charge < -0.3 is 9.52 Å². The Balaban J connectivity index is 2.40. The molecule has 2 aromatic carbocycles. The first-order valence-electron chi connectivity index (χ1n) is 6.30. The topological polar surface area (TPSA) is 50.4 Å². The second-order valence-electron chi connectivity index (χ2n) is 4.81. The SMILES string of the molecule is Cc1c(-c2cc(Br)cc(Br)c2O)oc2ccc(Cl)cc2c1=O. The quantitative estimate of drug-likeness (QED) is 0.528. The van der Waals surface area contributed by atoms with Crippen molar-refractivity contribution in [2.45, 2.75) is 6.92 Å². The van der Waals surface area contributed by atoms with Crippen molar-refractivity contribution in [2.24, 2.45) is 0 Å². The van der Waals surface area contributed by atoms with Gasteiger partial charge in [0.15, 0.2) is 5.43 Å². The summed E-state index contributed by atoms with van der Waals surface area (Å²) in [5, 5.41) is 11.1. The average Bonchev–Trinajstić information content (AvgIpc) is 2.47. The Morgan fingerprint density at radius 1 is 1.18 bits per heavy atom. The summed E-state index contributed by atoms with van der Waals surface area (Å²) in [6.45, 7) is 1.66. The maximum Gasteiger partial charge on any atom is 0.196 e. The molecule has 0 fully saturated rings. The fraction of sp³-hybridized carbons (Fsp3) is 0.0625. The number of halogens is 3. The minimum Gasteiger partial charge on any atom is -0.506 e. The highest BCUT2D eigenvalue weighted by Crippen LogP contribution is 2.39. The molecular formula is C16H9Br2ClO3. The van der Waals surface area contributed by atoms with Gasteiger partial charge in [-0.05, 0) is 53.2 Å². The maximum atomic E-state index is 12.5. The van der Waals surface area contributed by atoms with Crippen LogP contribution in [0.2, 0.25) is 5.02 Å². The molecule has 0 saturated heterocycles. The summed E-state index contributed by atoms with van der Waals surface area (Å²) in [5.74, 6) is 0.349. The van der Waals surface area contributed by atoms with E-state index in [0.29, 0.717) is 37.4 Å². The number of aromatic hydroxyl groups is 1. The van der Waals surface area contributed by atoms with E-state index >= 15 is 0 Å². The van der Waals surface area contributed by atoms with Gasteiger partial charge in [-0.3, -0.25) is 4.79 Å². The Morgan fingerprint density at radius 2 is 1.91 bits per heavy atom. The van der Waals surface area contributed by atoms with E-state index in [0.717, 1.165) is 4.47 Å². The Hall–Kier alpha value is -1.30. The van der Waals surface area contributed by atoms with Crippen LogP contribution in [0.15, 0.2) is 48.5 Å². The molecule has 112 valence electrons. The summed E-state index contributed by atoms with van der Waals surface area (Å²) in [7, 11) is 0. The van der Waals surface area contributed by atoms with Crippen molar-refractivity contribution in [3.8, 4) is 17.1 Å². The van der Waals surface area contributed by atoms with Gasteiger partial charge in [-0.2, -0.15) is 0 Å². The molecule has 0 radical (unpaired) electrons. The van der Waals surface area contributed by atoms with Crippen LogP contribution >= 0.6 is 43.5 Å². The van der Waals surface area contributed by atoms with Crippen LogP contribution in [0.5, 0.6) is 5.75 Å². The van der Waals surface area contributed by atoms with E-state index in [1.807, 2.05) is 0 Å². The van der Waals surface area contributed by atoms with Crippen LogP contribution in [0.3, 0.4) is 0 Å². The molecule has 22 heavy (non-hydrogen) atoms. The predicted octanol–water partition coefficient (Wildman–Crippen LogP) is 5.65. The highest BCUT2D eigenvalue weighted by Gasteiger charge is 2.18. The third kappa shape index (κ3) is 2.57. The summed E-state index contributed by atoms with van der Waals surface area (Å²) in [5.41, 5.74) is 1.10. The van der Waals surface area contributed by atoms with E-state index < -0.39 is 0 Å². The molecule has 0 aliphatic rings. The van der Waals surface area contributed by atoms with Gasteiger partial charge in [-0.25, -0.2) is 0 Å². The minimum atomic E-state index is -0.172. The molecule has 1 aromatic heterocycles. The molecule has 0 aliphatic heterocycles. The standard InChI is InChI=1S/C16H9Br2ClO3/c1-7-14(20)10-6-9(19)2-3-13(10)22-16(7)11-4-8(17)5-12(18)15(11)21/h2-6,21H,1H3. The monoisotopic (exact) mass is 442 g/mol. The van der Waals surface area contributed by atoms with Crippen LogP contribution in [-0.2, 0) is 0 Å². The zero-order valence-electron chi connectivity index (χ0n) is 11.3. The number of phenols is 1. The first kappa shape index (κ1) is 15.6. The van der Waals surface area contributed by atoms with Crippen LogP contribution in [-0.4, -0.2) is 5.11 Å². The number of rotatable bonds is 1. The number of hydrogen-bond donors (Lipinski definition) is 1. The molecule has 3 rings (SSSR count). The fourth-order valence-corrected chi connectivity index (χ4v) is 3.65. The summed E-state index contributed by atoms with van der Waals surface area (Å²) < 4.78 is 7.11. The van der Waals surface area contributed by atoms with Crippen LogP contribution in [0.25, 0.3) is 22.3 Å². The number of phenolic OH excluding ortho intramolecular Hbond substituents is 1. The number of fused-ring (bicyclic) bond motifs is 1. The van der Waals surface area contributed by atoms with E-state index in [9.17, 15) is 9.90 Å². The first-order chi connectivity index (χ1) is 10.4. The summed E-state index contributed by atoms with van der Waals surface area (Å²) in [6, 6.07) is 8.30. The molecule has 0 saturated carbocycles.